The monoisotopic (exact) mass is 284 g/mol. The van der Waals surface area contributed by atoms with Crippen molar-refractivity contribution in [2.45, 2.75) is 39.1 Å². The van der Waals surface area contributed by atoms with Crippen molar-refractivity contribution >= 4 is 5.91 Å². The molecule has 0 spiro atoms. The van der Waals surface area contributed by atoms with E-state index in [1.54, 1.807) is 17.0 Å². The first kappa shape index (κ1) is 14.7. The molecular weight excluding hydrogens is 266 g/mol. The molecule has 1 N–H and O–H groups in total. The molecule has 1 aromatic rings. The SMILES string of the molecule is CCC1NC(c2ccc(OC(F)F)cc2)N(CC)C1=O. The summed E-state index contributed by atoms with van der Waals surface area (Å²) in [7, 11) is 0. The van der Waals surface area contributed by atoms with Crippen LogP contribution < -0.4 is 10.1 Å². The highest BCUT2D eigenvalue weighted by molar-refractivity contribution is 5.84. The molecule has 2 rings (SSSR count). The first-order chi connectivity index (χ1) is 9.56. The Morgan fingerprint density at radius 1 is 1.30 bits per heavy atom. The quantitative estimate of drug-likeness (QED) is 0.903. The largest absolute Gasteiger partial charge is 0.435 e. The van der Waals surface area contributed by atoms with Crippen LogP contribution in [0.4, 0.5) is 8.78 Å². The Kier molecular flexibility index (Phi) is 4.54. The molecule has 1 fully saturated rings. The molecule has 0 bridgehead atoms. The van der Waals surface area contributed by atoms with Gasteiger partial charge in [0, 0.05) is 6.54 Å². The van der Waals surface area contributed by atoms with Crippen LogP contribution in [0.25, 0.3) is 0 Å². The number of halogens is 2. The molecule has 2 atom stereocenters. The van der Waals surface area contributed by atoms with E-state index in [2.05, 4.69) is 10.1 Å². The van der Waals surface area contributed by atoms with E-state index >= 15 is 0 Å². The third-order valence-corrected chi connectivity index (χ3v) is 3.42. The summed E-state index contributed by atoms with van der Waals surface area (Å²) in [6.07, 6.45) is 0.511. The van der Waals surface area contributed by atoms with Crippen LogP contribution in [0.15, 0.2) is 24.3 Å². The third kappa shape index (κ3) is 2.90. The highest BCUT2D eigenvalue weighted by Crippen LogP contribution is 2.27. The number of ether oxygens (including phenoxy) is 1. The number of rotatable bonds is 5. The summed E-state index contributed by atoms with van der Waals surface area (Å²) in [6.45, 7) is 1.63. The lowest BCUT2D eigenvalue weighted by Crippen LogP contribution is -2.30. The number of carbonyl (C=O) groups excluding carboxylic acids is 1. The van der Waals surface area contributed by atoms with Crippen molar-refractivity contribution in [3.05, 3.63) is 29.8 Å². The van der Waals surface area contributed by atoms with Gasteiger partial charge in [0.25, 0.3) is 0 Å². The zero-order valence-electron chi connectivity index (χ0n) is 11.5. The van der Waals surface area contributed by atoms with Crippen molar-refractivity contribution < 1.29 is 18.3 Å². The van der Waals surface area contributed by atoms with Gasteiger partial charge in [0.15, 0.2) is 0 Å². The molecule has 1 aromatic carbocycles. The lowest BCUT2D eigenvalue weighted by atomic mass is 10.1. The second kappa shape index (κ2) is 6.17. The molecule has 6 heteroatoms. The van der Waals surface area contributed by atoms with Crippen LogP contribution in [0, 0.1) is 0 Å². The van der Waals surface area contributed by atoms with Crippen LogP contribution in [0.5, 0.6) is 5.75 Å². The molecule has 110 valence electrons. The summed E-state index contributed by atoms with van der Waals surface area (Å²) in [4.78, 5) is 13.9. The molecule has 1 saturated heterocycles. The topological polar surface area (TPSA) is 41.6 Å². The molecule has 0 aliphatic carbocycles. The van der Waals surface area contributed by atoms with Gasteiger partial charge < -0.3 is 9.64 Å². The Bertz CT molecular complexity index is 465. The molecule has 1 aliphatic rings. The average molecular weight is 284 g/mol. The summed E-state index contributed by atoms with van der Waals surface area (Å²) in [5.41, 5.74) is 0.859. The molecule has 1 heterocycles. The van der Waals surface area contributed by atoms with Crippen molar-refractivity contribution in [3.63, 3.8) is 0 Å². The highest BCUT2D eigenvalue weighted by atomic mass is 19.3. The van der Waals surface area contributed by atoms with Gasteiger partial charge in [-0.3, -0.25) is 10.1 Å². The summed E-state index contributed by atoms with van der Waals surface area (Å²) >= 11 is 0. The highest BCUT2D eigenvalue weighted by Gasteiger charge is 2.37. The van der Waals surface area contributed by atoms with E-state index in [0.29, 0.717) is 6.54 Å². The van der Waals surface area contributed by atoms with Gasteiger partial charge in [-0.1, -0.05) is 19.1 Å². The minimum atomic E-state index is -2.83. The number of alkyl halides is 2. The predicted octanol–water partition coefficient (Wildman–Crippen LogP) is 2.52. The normalized spacial score (nSPS) is 22.6. The van der Waals surface area contributed by atoms with Crippen LogP contribution in [-0.4, -0.2) is 30.0 Å². The number of carbonyl (C=O) groups is 1. The number of likely N-dealkylation sites (N-methyl/N-ethyl adjacent to an activating group) is 1. The van der Waals surface area contributed by atoms with Crippen molar-refractivity contribution in [3.8, 4) is 5.75 Å². The minimum Gasteiger partial charge on any atom is -0.435 e. The van der Waals surface area contributed by atoms with E-state index < -0.39 is 6.61 Å². The van der Waals surface area contributed by atoms with E-state index in [-0.39, 0.29) is 23.9 Å². The maximum atomic E-state index is 12.1. The fraction of sp³-hybridized carbons (Fsp3) is 0.500. The molecule has 1 aliphatic heterocycles. The summed E-state index contributed by atoms with van der Waals surface area (Å²) in [5.74, 6) is 0.191. The first-order valence-electron chi connectivity index (χ1n) is 6.68. The van der Waals surface area contributed by atoms with Crippen molar-refractivity contribution in [2.75, 3.05) is 6.54 Å². The summed E-state index contributed by atoms with van der Waals surface area (Å²) in [5, 5.41) is 3.26. The lowest BCUT2D eigenvalue weighted by molar-refractivity contribution is -0.129. The van der Waals surface area contributed by atoms with Crippen LogP contribution in [0.3, 0.4) is 0 Å². The van der Waals surface area contributed by atoms with E-state index in [9.17, 15) is 13.6 Å². The van der Waals surface area contributed by atoms with E-state index in [4.69, 9.17) is 0 Å². The van der Waals surface area contributed by atoms with Gasteiger partial charge in [-0.2, -0.15) is 8.78 Å². The van der Waals surface area contributed by atoms with Crippen molar-refractivity contribution in [1.29, 1.82) is 0 Å². The van der Waals surface area contributed by atoms with E-state index in [1.165, 1.54) is 12.1 Å². The second-order valence-corrected chi connectivity index (χ2v) is 4.60. The first-order valence-corrected chi connectivity index (χ1v) is 6.68. The van der Waals surface area contributed by atoms with Crippen molar-refractivity contribution in [2.24, 2.45) is 0 Å². The number of hydrogen-bond donors (Lipinski definition) is 1. The third-order valence-electron chi connectivity index (χ3n) is 3.42. The smallest absolute Gasteiger partial charge is 0.387 e. The van der Waals surface area contributed by atoms with Gasteiger partial charge in [0.05, 0.1) is 6.04 Å². The number of nitrogens with one attached hydrogen (secondary N) is 1. The van der Waals surface area contributed by atoms with Gasteiger partial charge in [0.1, 0.15) is 11.9 Å². The molecule has 0 saturated carbocycles. The Balaban J connectivity index is 2.16. The van der Waals surface area contributed by atoms with Crippen molar-refractivity contribution in [1.82, 2.24) is 10.2 Å². The molecule has 20 heavy (non-hydrogen) atoms. The lowest BCUT2D eigenvalue weighted by Gasteiger charge is -2.23. The zero-order chi connectivity index (χ0) is 14.7. The fourth-order valence-corrected chi connectivity index (χ4v) is 2.42. The Morgan fingerprint density at radius 3 is 2.45 bits per heavy atom. The van der Waals surface area contributed by atoms with E-state index in [1.807, 2.05) is 13.8 Å². The number of benzene rings is 1. The summed E-state index contributed by atoms with van der Waals surface area (Å²) < 4.78 is 28.5. The average Bonchev–Trinajstić information content (AvgIpc) is 2.75. The van der Waals surface area contributed by atoms with Crippen LogP contribution >= 0.6 is 0 Å². The van der Waals surface area contributed by atoms with Gasteiger partial charge >= 0.3 is 6.61 Å². The second-order valence-electron chi connectivity index (χ2n) is 4.60. The maximum Gasteiger partial charge on any atom is 0.387 e. The Hall–Kier alpha value is -1.69. The number of hydrogen-bond acceptors (Lipinski definition) is 3. The molecule has 2 unspecified atom stereocenters. The zero-order valence-corrected chi connectivity index (χ0v) is 11.5. The van der Waals surface area contributed by atoms with Gasteiger partial charge in [-0.15, -0.1) is 0 Å². The van der Waals surface area contributed by atoms with E-state index in [0.717, 1.165) is 12.0 Å². The number of amides is 1. The Morgan fingerprint density at radius 2 is 1.95 bits per heavy atom. The Labute approximate surface area is 116 Å². The summed E-state index contributed by atoms with van der Waals surface area (Å²) in [6, 6.07) is 6.19. The van der Waals surface area contributed by atoms with Gasteiger partial charge in [-0.05, 0) is 31.0 Å². The maximum absolute atomic E-state index is 12.1. The molecule has 4 nitrogen and oxygen atoms in total. The van der Waals surface area contributed by atoms with Crippen LogP contribution in [0.2, 0.25) is 0 Å². The molecular formula is C14H18F2N2O2. The predicted molar refractivity (Wildman–Crippen MR) is 70.4 cm³/mol. The molecule has 1 amide bonds. The number of nitrogens with zero attached hydrogens (tertiary/aromatic N) is 1. The fourth-order valence-electron chi connectivity index (χ4n) is 2.42. The van der Waals surface area contributed by atoms with Crippen LogP contribution in [-0.2, 0) is 4.79 Å². The molecule has 0 aromatic heterocycles. The molecule has 0 radical (unpaired) electrons. The standard InChI is InChI=1S/C14H18F2N2O2/c1-3-11-13(19)18(4-2)12(17-11)9-5-7-10(8-6-9)20-14(15)16/h5-8,11-12,14,17H,3-4H2,1-2H3. The van der Waals surface area contributed by atoms with Gasteiger partial charge in [-0.25, -0.2) is 0 Å². The van der Waals surface area contributed by atoms with Crippen LogP contribution in [0.1, 0.15) is 32.0 Å². The minimum absolute atomic E-state index is 0.0768. The van der Waals surface area contributed by atoms with Gasteiger partial charge in [0.2, 0.25) is 5.91 Å².